The van der Waals surface area contributed by atoms with Crippen molar-refractivity contribution < 1.29 is 39.5 Å². The number of carbonyl (C=O) groups is 2. The van der Waals surface area contributed by atoms with Crippen LogP contribution >= 0.6 is 11.8 Å². The Kier molecular flexibility index (Phi) is 10.9. The zero-order chi connectivity index (χ0) is 26.8. The molecule has 1 amide bonds. The molecule has 1 heterocycles. The molecule has 0 aromatic heterocycles. The van der Waals surface area contributed by atoms with E-state index in [-0.39, 0.29) is 26.0 Å². The summed E-state index contributed by atoms with van der Waals surface area (Å²) >= 11 is 1.69. The van der Waals surface area contributed by atoms with Gasteiger partial charge in [-0.15, -0.1) is 0 Å². The Balaban J connectivity index is 1.56. The predicted molar refractivity (Wildman–Crippen MR) is 140 cm³/mol. The Bertz CT molecular complexity index is 1010. The van der Waals surface area contributed by atoms with Gasteiger partial charge in [0.25, 0.3) is 11.7 Å². The molecule has 37 heavy (non-hydrogen) atoms. The van der Waals surface area contributed by atoms with Gasteiger partial charge in [0, 0.05) is 24.9 Å². The summed E-state index contributed by atoms with van der Waals surface area (Å²) < 4.78 is 11.2. The van der Waals surface area contributed by atoms with Crippen LogP contribution in [0.4, 0.5) is 0 Å². The summed E-state index contributed by atoms with van der Waals surface area (Å²) in [6.45, 7) is 1.83. The highest BCUT2D eigenvalue weighted by atomic mass is 32.2. The number of hydrogen-bond donors (Lipinski definition) is 5. The average molecular weight is 534 g/mol. The van der Waals surface area contributed by atoms with Crippen LogP contribution in [0.25, 0.3) is 11.1 Å². The molecule has 0 spiro atoms. The topological polar surface area (TPSA) is 146 Å². The van der Waals surface area contributed by atoms with Gasteiger partial charge in [-0.25, -0.2) is 4.79 Å². The number of aliphatic hydroxyl groups is 3. The summed E-state index contributed by atoms with van der Waals surface area (Å²) in [5.74, 6) is -2.25. The molecule has 2 aromatic carbocycles. The smallest absolute Gasteiger partial charge is 0.364 e. The maximum absolute atomic E-state index is 12.6. The first-order valence-electron chi connectivity index (χ1n) is 12.4. The summed E-state index contributed by atoms with van der Waals surface area (Å²) in [7, 11) is 0. The number of aliphatic carboxylic acids is 1. The van der Waals surface area contributed by atoms with Crippen LogP contribution in [0.2, 0.25) is 0 Å². The van der Waals surface area contributed by atoms with Gasteiger partial charge in [-0.1, -0.05) is 49.4 Å². The molecule has 1 saturated heterocycles. The van der Waals surface area contributed by atoms with Crippen LogP contribution in [0.15, 0.2) is 54.6 Å². The lowest BCUT2D eigenvalue weighted by Gasteiger charge is -2.42. The van der Waals surface area contributed by atoms with Gasteiger partial charge >= 0.3 is 5.97 Å². The number of hydrogen-bond acceptors (Lipinski definition) is 8. The molecule has 0 aliphatic carbocycles. The Morgan fingerprint density at radius 3 is 2.46 bits per heavy atom. The van der Waals surface area contributed by atoms with E-state index < -0.39 is 42.1 Å². The first-order valence-corrected chi connectivity index (χ1v) is 13.5. The molecule has 10 heteroatoms. The van der Waals surface area contributed by atoms with Crippen molar-refractivity contribution in [1.82, 2.24) is 5.32 Å². The maximum Gasteiger partial charge on any atom is 0.364 e. The Hall–Kier alpha value is -2.47. The molecular weight excluding hydrogens is 498 g/mol. The third kappa shape index (κ3) is 8.00. The number of benzene rings is 2. The van der Waals surface area contributed by atoms with E-state index in [9.17, 15) is 30.0 Å². The van der Waals surface area contributed by atoms with Gasteiger partial charge in [0.15, 0.2) is 0 Å². The largest absolute Gasteiger partial charge is 0.477 e. The van der Waals surface area contributed by atoms with E-state index in [0.29, 0.717) is 12.0 Å². The SMILES string of the molecule is CCSCCCO[C@]1(C(=O)O)C[C@H](O)C[C@H]([C@H](O)[C@H](O)CNC(=O)c2ccc(-c3ccccc3)cc2)O1. The lowest BCUT2D eigenvalue weighted by atomic mass is 9.93. The van der Waals surface area contributed by atoms with Crippen LogP contribution in [0.1, 0.15) is 36.5 Å². The first kappa shape index (κ1) is 29.1. The third-order valence-corrected chi connectivity index (χ3v) is 7.14. The van der Waals surface area contributed by atoms with Gasteiger partial charge in [0.05, 0.1) is 24.9 Å². The zero-order valence-corrected chi connectivity index (χ0v) is 21.6. The second-order valence-corrected chi connectivity index (χ2v) is 10.3. The summed E-state index contributed by atoms with van der Waals surface area (Å²) in [5.41, 5.74) is 2.35. The lowest BCUT2D eigenvalue weighted by Crippen LogP contribution is -2.58. The molecule has 1 fully saturated rings. The van der Waals surface area contributed by atoms with Crippen molar-refractivity contribution in [3.63, 3.8) is 0 Å². The molecule has 3 rings (SSSR count). The number of aliphatic hydroxyl groups excluding tert-OH is 3. The van der Waals surface area contributed by atoms with Crippen LogP contribution < -0.4 is 5.32 Å². The molecule has 0 radical (unpaired) electrons. The van der Waals surface area contributed by atoms with Gasteiger partial charge in [-0.2, -0.15) is 11.8 Å². The standard InChI is InChI=1S/C27H35NO8S/c1-2-37-14-6-13-35-27(26(33)34)16-21(29)15-23(36-27)24(31)22(30)17-28-25(32)20-11-9-19(10-12-20)18-7-4-3-5-8-18/h3-5,7-12,21-24,29-31H,2,6,13-17H2,1H3,(H,28,32)(H,33,34)/t21-,22-,23-,24-,27-/m1/s1. The Labute approximate surface area is 220 Å². The third-order valence-electron chi connectivity index (χ3n) is 6.15. The van der Waals surface area contributed by atoms with Crippen molar-refractivity contribution in [1.29, 1.82) is 0 Å². The van der Waals surface area contributed by atoms with Gasteiger partial charge in [0.1, 0.15) is 6.10 Å². The molecule has 0 saturated carbocycles. The van der Waals surface area contributed by atoms with Crippen LogP contribution in [0, 0.1) is 0 Å². The number of nitrogens with one attached hydrogen (secondary N) is 1. The Morgan fingerprint density at radius 2 is 1.81 bits per heavy atom. The minimum absolute atomic E-state index is 0.0861. The van der Waals surface area contributed by atoms with E-state index in [1.165, 1.54) is 0 Å². The fourth-order valence-electron chi connectivity index (χ4n) is 4.16. The Morgan fingerprint density at radius 1 is 1.14 bits per heavy atom. The van der Waals surface area contributed by atoms with Crippen LogP contribution in [-0.4, -0.2) is 87.2 Å². The number of carboxylic acid groups (broad SMARTS) is 1. The summed E-state index contributed by atoms with van der Waals surface area (Å²) in [6.07, 6.45) is -5.12. The number of rotatable bonds is 13. The van der Waals surface area contributed by atoms with Crippen LogP contribution in [-0.2, 0) is 14.3 Å². The van der Waals surface area contributed by atoms with Crippen molar-refractivity contribution in [2.75, 3.05) is 24.7 Å². The molecule has 0 unspecified atom stereocenters. The maximum atomic E-state index is 12.6. The van der Waals surface area contributed by atoms with Crippen LogP contribution in [0.3, 0.4) is 0 Å². The van der Waals surface area contributed by atoms with Crippen molar-refractivity contribution in [3.05, 3.63) is 60.2 Å². The first-order chi connectivity index (χ1) is 17.8. The summed E-state index contributed by atoms with van der Waals surface area (Å²) in [4.78, 5) is 24.6. The van der Waals surface area contributed by atoms with E-state index in [0.717, 1.165) is 22.6 Å². The number of amides is 1. The van der Waals surface area contributed by atoms with E-state index in [1.54, 1.807) is 23.9 Å². The van der Waals surface area contributed by atoms with Gasteiger partial charge in [-0.3, -0.25) is 4.79 Å². The molecule has 1 aliphatic heterocycles. The number of thioether (sulfide) groups is 1. The highest BCUT2D eigenvalue weighted by molar-refractivity contribution is 7.99. The van der Waals surface area contributed by atoms with Gasteiger partial charge in [0.2, 0.25) is 0 Å². The second kappa shape index (κ2) is 13.9. The predicted octanol–water partition coefficient (Wildman–Crippen LogP) is 2.29. The molecule has 202 valence electrons. The van der Waals surface area contributed by atoms with Crippen LogP contribution in [0.5, 0.6) is 0 Å². The molecule has 1 aliphatic rings. The van der Waals surface area contributed by atoms with Crippen molar-refractivity contribution >= 4 is 23.6 Å². The fraction of sp³-hybridized carbons (Fsp3) is 0.481. The molecule has 5 N–H and O–H groups in total. The monoisotopic (exact) mass is 533 g/mol. The number of carboxylic acids is 1. The zero-order valence-electron chi connectivity index (χ0n) is 20.8. The molecule has 5 atom stereocenters. The summed E-state index contributed by atoms with van der Waals surface area (Å²) in [6, 6.07) is 16.7. The van der Waals surface area contributed by atoms with Gasteiger partial charge in [-0.05, 0) is 41.2 Å². The fourth-order valence-corrected chi connectivity index (χ4v) is 4.77. The minimum Gasteiger partial charge on any atom is -0.477 e. The van der Waals surface area contributed by atoms with Crippen molar-refractivity contribution in [2.24, 2.45) is 0 Å². The quantitative estimate of drug-likeness (QED) is 0.245. The van der Waals surface area contributed by atoms with E-state index in [1.807, 2.05) is 49.4 Å². The minimum atomic E-state index is -2.12. The van der Waals surface area contributed by atoms with E-state index in [4.69, 9.17) is 9.47 Å². The summed E-state index contributed by atoms with van der Waals surface area (Å²) in [5, 5.41) is 43.8. The number of carbonyl (C=O) groups excluding carboxylic acids is 1. The highest BCUT2D eigenvalue weighted by Crippen LogP contribution is 2.33. The highest BCUT2D eigenvalue weighted by Gasteiger charge is 2.51. The molecular formula is C27H35NO8S. The van der Waals surface area contributed by atoms with Crippen molar-refractivity contribution in [3.8, 4) is 11.1 Å². The normalized spacial score (nSPS) is 23.2. The van der Waals surface area contributed by atoms with Crippen molar-refractivity contribution in [2.45, 2.75) is 56.4 Å². The molecule has 9 nitrogen and oxygen atoms in total. The lowest BCUT2D eigenvalue weighted by molar-refractivity contribution is -0.304. The second-order valence-electron chi connectivity index (χ2n) is 8.92. The number of ether oxygens (including phenoxy) is 2. The van der Waals surface area contributed by atoms with Gasteiger partial charge < -0.3 is 35.2 Å². The molecule has 2 aromatic rings. The van der Waals surface area contributed by atoms with E-state index in [2.05, 4.69) is 5.32 Å². The van der Waals surface area contributed by atoms with E-state index >= 15 is 0 Å². The molecule has 0 bridgehead atoms. The average Bonchev–Trinajstić information content (AvgIpc) is 2.91.